The van der Waals surface area contributed by atoms with Crippen molar-refractivity contribution in [2.24, 2.45) is 0 Å². The molecule has 18 nitrogen and oxygen atoms in total. The molecule has 0 aromatic heterocycles. The molecule has 18 heteroatoms. The zero-order valence-corrected chi connectivity index (χ0v) is 24.1. The van der Waals surface area contributed by atoms with Crippen LogP contribution in [0, 0.1) is 0 Å². The first-order chi connectivity index (χ1) is 22.2. The van der Waals surface area contributed by atoms with Gasteiger partial charge < -0.3 is 79.5 Å². The Labute approximate surface area is 264 Å². The molecule has 2 saturated heterocycles. The van der Waals surface area contributed by atoms with E-state index in [2.05, 4.69) is 0 Å². The number of phenols is 4. The first kappa shape index (κ1) is 33.9. The van der Waals surface area contributed by atoms with Gasteiger partial charge in [0.05, 0.1) is 12.2 Å². The number of rotatable bonds is 9. The van der Waals surface area contributed by atoms with Crippen molar-refractivity contribution in [3.05, 3.63) is 47.2 Å². The molecule has 3 aliphatic heterocycles. The maximum atomic E-state index is 11.9. The van der Waals surface area contributed by atoms with Crippen molar-refractivity contribution < 1.29 is 89.1 Å². The number of hydrogen-bond acceptors (Lipinski definition) is 17. The maximum Gasteiger partial charge on any atom is 0.317 e. The quantitative estimate of drug-likeness (QED) is 0.0808. The second-order valence-electron chi connectivity index (χ2n) is 10.9. The summed E-state index contributed by atoms with van der Waals surface area (Å²) in [6, 6.07) is 5.82. The van der Waals surface area contributed by atoms with Crippen molar-refractivity contribution in [2.75, 3.05) is 13.2 Å². The van der Waals surface area contributed by atoms with E-state index in [0.717, 1.165) is 18.2 Å². The highest BCUT2D eigenvalue weighted by atomic mass is 16.8. The van der Waals surface area contributed by atoms with Gasteiger partial charge in [0.1, 0.15) is 72.7 Å². The first-order valence-corrected chi connectivity index (χ1v) is 14.1. The number of fused-ring (bicyclic) bond motifs is 1. The number of phenolic OH excluding ortho intramolecular Hbond substituents is 4. The number of esters is 1. The van der Waals surface area contributed by atoms with Crippen LogP contribution < -0.4 is 4.74 Å². The van der Waals surface area contributed by atoms with E-state index in [0.29, 0.717) is 0 Å². The Morgan fingerprint density at radius 3 is 2.30 bits per heavy atom. The molecule has 47 heavy (non-hydrogen) atoms. The highest BCUT2D eigenvalue weighted by molar-refractivity contribution is 5.90. The molecule has 10 atom stereocenters. The molecule has 1 unspecified atom stereocenters. The van der Waals surface area contributed by atoms with Gasteiger partial charge in [-0.1, -0.05) is 6.07 Å². The van der Waals surface area contributed by atoms with E-state index in [1.807, 2.05) is 0 Å². The molecule has 0 spiro atoms. The van der Waals surface area contributed by atoms with E-state index in [9.17, 15) is 55.5 Å². The number of carboxylic acid groups (broad SMARTS) is 1. The van der Waals surface area contributed by atoms with Crippen LogP contribution >= 0.6 is 0 Å². The van der Waals surface area contributed by atoms with Gasteiger partial charge in [-0.2, -0.15) is 0 Å². The molecule has 5 rings (SSSR count). The number of hydrogen-bond donors (Lipinski definition) is 10. The van der Waals surface area contributed by atoms with E-state index in [1.54, 1.807) is 0 Å². The molecule has 0 aliphatic carbocycles. The lowest BCUT2D eigenvalue weighted by Gasteiger charge is -2.45. The minimum Gasteiger partial charge on any atom is -0.508 e. The second kappa shape index (κ2) is 13.8. The standard InChI is InChI=1S/C29H32O18/c30-11-4-14(32)12-6-18(26(44-17(12)5-11)10-1-2-13(31)15(33)3-10)45-29-27(47-28-25(41)22(38)16(34)8-43-28)24(40)23(39)19(46-29)9-42-21(37)7-20(35)36/h1-6,16,19,22-34,38-41H,7-9H2,(H,35,36)/t16-,19+,22-,23+,24+,25-,26?,27-,28+,29+/m0/s1. The summed E-state index contributed by atoms with van der Waals surface area (Å²) >= 11 is 0. The Balaban J connectivity index is 1.50. The van der Waals surface area contributed by atoms with Gasteiger partial charge in [-0.15, -0.1) is 0 Å². The van der Waals surface area contributed by atoms with Gasteiger partial charge in [-0.05, 0) is 18.2 Å². The van der Waals surface area contributed by atoms with Crippen molar-refractivity contribution >= 4 is 18.0 Å². The predicted octanol–water partition coefficient (Wildman–Crippen LogP) is -1.71. The van der Waals surface area contributed by atoms with Crippen molar-refractivity contribution in [2.45, 2.75) is 67.8 Å². The van der Waals surface area contributed by atoms with E-state index in [1.165, 1.54) is 18.2 Å². The number of aliphatic hydroxyl groups excluding tert-OH is 5. The zero-order chi connectivity index (χ0) is 34.2. The third kappa shape index (κ3) is 7.29. The number of aliphatic hydroxyl groups is 5. The van der Waals surface area contributed by atoms with Crippen LogP contribution in [0.15, 0.2) is 36.1 Å². The van der Waals surface area contributed by atoms with Gasteiger partial charge in [0.25, 0.3) is 0 Å². The topological polar surface area (TPSA) is 292 Å². The second-order valence-corrected chi connectivity index (χ2v) is 10.9. The smallest absolute Gasteiger partial charge is 0.317 e. The summed E-state index contributed by atoms with van der Waals surface area (Å²) in [6.45, 7) is -1.25. The first-order valence-electron chi connectivity index (χ1n) is 14.1. The van der Waals surface area contributed by atoms with Gasteiger partial charge >= 0.3 is 11.9 Å². The molecule has 2 fully saturated rings. The molecule has 0 saturated carbocycles. The van der Waals surface area contributed by atoms with Crippen LogP contribution in [0.4, 0.5) is 0 Å². The minimum atomic E-state index is -1.95. The van der Waals surface area contributed by atoms with Gasteiger partial charge in [-0.25, -0.2) is 0 Å². The SMILES string of the molecule is O=C(O)CC(=O)OC[C@H]1O[C@@H](OC2=Cc3c(O)cc(O)cc3OC2c2ccc(O)c(O)c2)[C@@H](O[C@H]2OC[C@H](O)[C@H](O)[C@@H]2O)[C@H](O)[C@@H]1O. The normalized spacial score (nSPS) is 32.0. The summed E-state index contributed by atoms with van der Waals surface area (Å²) in [5.74, 6) is -4.72. The lowest BCUT2D eigenvalue weighted by molar-refractivity contribution is -0.352. The number of carboxylic acids is 1. The molecule has 0 radical (unpaired) electrons. The van der Waals surface area contributed by atoms with Crippen LogP contribution in [0.2, 0.25) is 0 Å². The Bertz CT molecular complexity index is 1510. The predicted molar refractivity (Wildman–Crippen MR) is 148 cm³/mol. The highest BCUT2D eigenvalue weighted by Gasteiger charge is 2.51. The summed E-state index contributed by atoms with van der Waals surface area (Å²) in [5.41, 5.74) is 0.171. The number of aliphatic carboxylic acids is 1. The molecule has 3 aliphatic rings. The Hall–Kier alpha value is -4.40. The number of ether oxygens (including phenoxy) is 6. The van der Waals surface area contributed by atoms with E-state index >= 15 is 0 Å². The van der Waals surface area contributed by atoms with Gasteiger partial charge in [0.2, 0.25) is 6.29 Å². The van der Waals surface area contributed by atoms with E-state index < -0.39 is 110 Å². The fraction of sp³-hybridized carbons (Fsp3) is 0.448. The number of carbonyl (C=O) groups excluding carboxylic acids is 1. The van der Waals surface area contributed by atoms with Gasteiger partial charge in [0.15, 0.2) is 30.0 Å². The molecular formula is C29H32O18. The fourth-order valence-corrected chi connectivity index (χ4v) is 5.10. The zero-order valence-electron chi connectivity index (χ0n) is 24.1. The van der Waals surface area contributed by atoms with Crippen molar-refractivity contribution in [1.29, 1.82) is 0 Å². The molecule has 3 heterocycles. The monoisotopic (exact) mass is 668 g/mol. The average molecular weight is 669 g/mol. The molecule has 0 bridgehead atoms. The average Bonchev–Trinajstić information content (AvgIpc) is 3.01. The third-order valence-corrected chi connectivity index (χ3v) is 7.54. The van der Waals surface area contributed by atoms with Crippen LogP contribution in [0.25, 0.3) is 6.08 Å². The van der Waals surface area contributed by atoms with Crippen molar-refractivity contribution in [1.82, 2.24) is 0 Å². The maximum absolute atomic E-state index is 11.9. The summed E-state index contributed by atoms with van der Waals surface area (Å²) in [5, 5.41) is 102. The molecule has 10 N–H and O–H groups in total. The molecular weight excluding hydrogens is 636 g/mol. The number of carbonyl (C=O) groups is 2. The van der Waals surface area contributed by atoms with Crippen LogP contribution in [0.1, 0.15) is 23.7 Å². The summed E-state index contributed by atoms with van der Waals surface area (Å²) in [7, 11) is 0. The Kier molecular flexibility index (Phi) is 9.94. The summed E-state index contributed by atoms with van der Waals surface area (Å²) in [4.78, 5) is 22.7. The Morgan fingerprint density at radius 1 is 0.851 bits per heavy atom. The van der Waals surface area contributed by atoms with E-state index in [4.69, 9.17) is 33.5 Å². The van der Waals surface area contributed by atoms with Crippen LogP contribution in [0.5, 0.6) is 28.7 Å². The fourth-order valence-electron chi connectivity index (χ4n) is 5.10. The van der Waals surface area contributed by atoms with Gasteiger partial charge in [-0.3, -0.25) is 9.59 Å². The van der Waals surface area contributed by atoms with Crippen molar-refractivity contribution in [3.8, 4) is 28.7 Å². The van der Waals surface area contributed by atoms with Crippen LogP contribution in [-0.4, -0.2) is 132 Å². The van der Waals surface area contributed by atoms with Crippen LogP contribution in [0.3, 0.4) is 0 Å². The molecule has 2 aromatic rings. The molecule has 2 aromatic carbocycles. The largest absolute Gasteiger partial charge is 0.508 e. The lowest BCUT2D eigenvalue weighted by atomic mass is 9.97. The summed E-state index contributed by atoms with van der Waals surface area (Å²) in [6.07, 6.45) is -16.7. The van der Waals surface area contributed by atoms with Crippen molar-refractivity contribution in [3.63, 3.8) is 0 Å². The van der Waals surface area contributed by atoms with Crippen LogP contribution in [-0.2, 0) is 33.3 Å². The number of benzene rings is 2. The van der Waals surface area contributed by atoms with E-state index in [-0.39, 0.29) is 28.4 Å². The molecule has 0 amide bonds. The number of aromatic hydroxyl groups is 4. The molecule has 256 valence electrons. The summed E-state index contributed by atoms with van der Waals surface area (Å²) < 4.78 is 33.7. The lowest BCUT2D eigenvalue weighted by Crippen LogP contribution is -2.63. The highest BCUT2D eigenvalue weighted by Crippen LogP contribution is 2.45. The minimum absolute atomic E-state index is 0.00760. The Morgan fingerprint density at radius 2 is 1.60 bits per heavy atom. The third-order valence-electron chi connectivity index (χ3n) is 7.54. The van der Waals surface area contributed by atoms with Gasteiger partial charge in [0, 0.05) is 17.7 Å².